The molecule has 1 unspecified atom stereocenters. The molecule has 0 radical (unpaired) electrons. The van der Waals surface area contributed by atoms with Crippen molar-refractivity contribution in [2.45, 2.75) is 39.5 Å². The smallest absolute Gasteiger partial charge is 0.310 e. The molecule has 0 heterocycles. The summed E-state index contributed by atoms with van der Waals surface area (Å²) in [6.07, 6.45) is 1.67. The number of fused-ring (bicyclic) bond motifs is 1. The molecule has 82 valence electrons. The normalized spacial score (nSPS) is 17.7. The second-order valence-electron chi connectivity index (χ2n) is 3.63. The molecule has 0 saturated heterocycles. The second-order valence-corrected chi connectivity index (χ2v) is 3.63. The molecule has 2 rings (SSSR count). The summed E-state index contributed by atoms with van der Waals surface area (Å²) in [5, 5.41) is 8.93. The minimum absolute atomic E-state index is 0.268. The van der Waals surface area contributed by atoms with Crippen molar-refractivity contribution in [3.8, 4) is 0 Å². The van der Waals surface area contributed by atoms with E-state index in [-0.39, 0.29) is 5.92 Å². The number of carboxylic acid groups (broad SMARTS) is 1. The summed E-state index contributed by atoms with van der Waals surface area (Å²) in [5.41, 5.74) is 3.44. The van der Waals surface area contributed by atoms with Gasteiger partial charge in [-0.2, -0.15) is 0 Å². The molecule has 1 atom stereocenters. The zero-order valence-electron chi connectivity index (χ0n) is 9.58. The molecule has 0 aromatic heterocycles. The molecule has 1 aliphatic carbocycles. The highest BCUT2D eigenvalue weighted by molar-refractivity contribution is 5.77. The Hall–Kier alpha value is -1.31. The number of aliphatic carboxylic acids is 1. The molecule has 1 aromatic carbocycles. The first kappa shape index (κ1) is 11.8. The molecule has 1 N–H and O–H groups in total. The van der Waals surface area contributed by atoms with Crippen LogP contribution in [0.3, 0.4) is 0 Å². The van der Waals surface area contributed by atoms with Gasteiger partial charge in [0.2, 0.25) is 0 Å². The summed E-state index contributed by atoms with van der Waals surface area (Å²) in [6, 6.07) is 6.04. The van der Waals surface area contributed by atoms with Crippen LogP contribution in [0.2, 0.25) is 0 Å². The van der Waals surface area contributed by atoms with Gasteiger partial charge in [0.1, 0.15) is 0 Å². The van der Waals surface area contributed by atoms with E-state index in [1.807, 2.05) is 32.9 Å². The van der Waals surface area contributed by atoms with Gasteiger partial charge in [-0.05, 0) is 30.9 Å². The van der Waals surface area contributed by atoms with Crippen LogP contribution in [0.25, 0.3) is 0 Å². The van der Waals surface area contributed by atoms with Gasteiger partial charge in [0.25, 0.3) is 0 Å². The fourth-order valence-corrected chi connectivity index (χ4v) is 2.00. The van der Waals surface area contributed by atoms with E-state index in [4.69, 9.17) is 5.11 Å². The predicted octanol–water partition coefficient (Wildman–Crippen LogP) is 3.14. The monoisotopic (exact) mass is 206 g/mol. The quantitative estimate of drug-likeness (QED) is 0.766. The molecule has 15 heavy (non-hydrogen) atoms. The van der Waals surface area contributed by atoms with Gasteiger partial charge in [0, 0.05) is 0 Å². The summed E-state index contributed by atoms with van der Waals surface area (Å²) in [6.45, 7) is 6.04. The van der Waals surface area contributed by atoms with Gasteiger partial charge < -0.3 is 5.11 Å². The molecule has 0 aliphatic heterocycles. The van der Waals surface area contributed by atoms with Gasteiger partial charge in [0.05, 0.1) is 5.92 Å². The van der Waals surface area contributed by atoms with Crippen LogP contribution in [0.1, 0.15) is 42.9 Å². The minimum atomic E-state index is -0.692. The van der Waals surface area contributed by atoms with Crippen LogP contribution in [0.15, 0.2) is 18.2 Å². The number of carbonyl (C=O) groups is 1. The largest absolute Gasteiger partial charge is 0.481 e. The third kappa shape index (κ3) is 2.38. The topological polar surface area (TPSA) is 37.3 Å². The first-order valence-corrected chi connectivity index (χ1v) is 5.50. The Morgan fingerprint density at radius 1 is 1.40 bits per heavy atom. The molecular formula is C13H18O2. The Balaban J connectivity index is 0.000000531. The van der Waals surface area contributed by atoms with Crippen LogP contribution in [0.4, 0.5) is 0 Å². The van der Waals surface area contributed by atoms with E-state index in [0.29, 0.717) is 0 Å². The number of benzene rings is 1. The van der Waals surface area contributed by atoms with Crippen LogP contribution < -0.4 is 0 Å². The Bertz CT molecular complexity index is 356. The average molecular weight is 206 g/mol. The Morgan fingerprint density at radius 2 is 2.07 bits per heavy atom. The number of carboxylic acids is 1. The van der Waals surface area contributed by atoms with Gasteiger partial charge in [-0.1, -0.05) is 37.6 Å². The van der Waals surface area contributed by atoms with Crippen molar-refractivity contribution in [2.24, 2.45) is 0 Å². The Labute approximate surface area is 90.9 Å². The molecule has 0 amide bonds. The lowest BCUT2D eigenvalue weighted by Crippen LogP contribution is -2.07. The molecule has 0 saturated carbocycles. The molecule has 0 spiro atoms. The minimum Gasteiger partial charge on any atom is -0.481 e. The van der Waals surface area contributed by atoms with Crippen molar-refractivity contribution >= 4 is 5.97 Å². The van der Waals surface area contributed by atoms with Crippen molar-refractivity contribution in [3.63, 3.8) is 0 Å². The number of aryl methyl sites for hydroxylation is 2. The van der Waals surface area contributed by atoms with E-state index in [9.17, 15) is 4.79 Å². The zero-order chi connectivity index (χ0) is 11.4. The molecule has 0 fully saturated rings. The van der Waals surface area contributed by atoms with E-state index in [1.54, 1.807) is 0 Å². The van der Waals surface area contributed by atoms with Gasteiger partial charge in [-0.25, -0.2) is 0 Å². The summed E-state index contributed by atoms with van der Waals surface area (Å²) < 4.78 is 0. The lowest BCUT2D eigenvalue weighted by Gasteiger charge is -2.05. The van der Waals surface area contributed by atoms with Crippen LogP contribution in [0.5, 0.6) is 0 Å². The Morgan fingerprint density at radius 3 is 2.67 bits per heavy atom. The van der Waals surface area contributed by atoms with Crippen molar-refractivity contribution in [3.05, 3.63) is 34.9 Å². The average Bonchev–Trinajstić information content (AvgIpc) is 2.63. The van der Waals surface area contributed by atoms with Crippen molar-refractivity contribution in [1.82, 2.24) is 0 Å². The third-order valence-electron chi connectivity index (χ3n) is 2.67. The van der Waals surface area contributed by atoms with Gasteiger partial charge in [0.15, 0.2) is 0 Å². The summed E-state index contributed by atoms with van der Waals surface area (Å²) in [7, 11) is 0. The van der Waals surface area contributed by atoms with Crippen molar-refractivity contribution in [1.29, 1.82) is 0 Å². The molecule has 1 aromatic rings. The second kappa shape index (κ2) is 4.96. The van der Waals surface area contributed by atoms with Crippen LogP contribution in [0, 0.1) is 6.92 Å². The fourth-order valence-electron chi connectivity index (χ4n) is 2.00. The lowest BCUT2D eigenvalue weighted by atomic mass is 10.0. The molecule has 2 nitrogen and oxygen atoms in total. The Kier molecular flexibility index (Phi) is 3.89. The van der Waals surface area contributed by atoms with E-state index in [2.05, 4.69) is 6.07 Å². The van der Waals surface area contributed by atoms with Gasteiger partial charge in [-0.15, -0.1) is 0 Å². The highest BCUT2D eigenvalue weighted by Crippen LogP contribution is 2.33. The maximum atomic E-state index is 10.8. The maximum absolute atomic E-state index is 10.8. The highest BCUT2D eigenvalue weighted by Gasteiger charge is 2.27. The van der Waals surface area contributed by atoms with Gasteiger partial charge in [-0.3, -0.25) is 4.79 Å². The van der Waals surface area contributed by atoms with Gasteiger partial charge >= 0.3 is 5.97 Å². The molecule has 2 heteroatoms. The van der Waals surface area contributed by atoms with E-state index < -0.39 is 5.97 Å². The fraction of sp³-hybridized carbons (Fsp3) is 0.462. The predicted molar refractivity (Wildman–Crippen MR) is 61.2 cm³/mol. The number of rotatable bonds is 1. The summed E-state index contributed by atoms with van der Waals surface area (Å²) in [4.78, 5) is 10.8. The van der Waals surface area contributed by atoms with E-state index in [0.717, 1.165) is 18.4 Å². The lowest BCUT2D eigenvalue weighted by molar-refractivity contribution is -0.138. The van der Waals surface area contributed by atoms with Crippen molar-refractivity contribution < 1.29 is 9.90 Å². The summed E-state index contributed by atoms with van der Waals surface area (Å²) in [5.74, 6) is -0.960. The third-order valence-corrected chi connectivity index (χ3v) is 2.67. The first-order chi connectivity index (χ1) is 7.18. The van der Waals surface area contributed by atoms with E-state index in [1.165, 1.54) is 11.1 Å². The van der Waals surface area contributed by atoms with Crippen LogP contribution in [-0.2, 0) is 11.2 Å². The molecule has 1 aliphatic rings. The highest BCUT2D eigenvalue weighted by atomic mass is 16.4. The van der Waals surface area contributed by atoms with Crippen LogP contribution in [-0.4, -0.2) is 11.1 Å². The number of hydrogen-bond acceptors (Lipinski definition) is 1. The first-order valence-electron chi connectivity index (χ1n) is 5.50. The standard InChI is InChI=1S/C11H12O2.C2H6/c1-7-2-4-9-8(6-7)3-5-10(9)11(12)13;1-2/h2,4,6,10H,3,5H2,1H3,(H,12,13);1-2H3. The van der Waals surface area contributed by atoms with Crippen LogP contribution >= 0.6 is 0 Å². The number of hydrogen-bond donors (Lipinski definition) is 1. The summed E-state index contributed by atoms with van der Waals surface area (Å²) >= 11 is 0. The van der Waals surface area contributed by atoms with E-state index >= 15 is 0 Å². The van der Waals surface area contributed by atoms with Crippen molar-refractivity contribution in [2.75, 3.05) is 0 Å². The zero-order valence-corrected chi connectivity index (χ0v) is 9.58. The molecule has 0 bridgehead atoms. The maximum Gasteiger partial charge on any atom is 0.310 e. The SMILES string of the molecule is CC.Cc1ccc2c(c1)CCC2C(=O)O. The molecular weight excluding hydrogens is 188 g/mol.